The second-order valence-corrected chi connectivity index (χ2v) is 13.6. The van der Waals surface area contributed by atoms with E-state index in [2.05, 4.69) is 50.5 Å². The van der Waals surface area contributed by atoms with Crippen molar-refractivity contribution < 1.29 is 33.6 Å². The SMILES string of the molecule is CN[C@@H](C[C@H](Cc1ccc(OC)c(OCCCOC)c1)C(C)C)[C@@H](O)CC(C(=O)NC1C2COCC1CC(OC)C2)C(C)C. The smallest absolute Gasteiger partial charge is 0.223 e. The molecule has 1 amide bonds. The Balaban J connectivity index is 1.64. The number of ether oxygens (including phenoxy) is 5. The number of hydrogen-bond acceptors (Lipinski definition) is 8. The van der Waals surface area contributed by atoms with Crippen molar-refractivity contribution in [3.8, 4) is 11.5 Å². The van der Waals surface area contributed by atoms with Gasteiger partial charge in [-0.25, -0.2) is 0 Å². The van der Waals surface area contributed by atoms with Crippen molar-refractivity contribution in [1.82, 2.24) is 10.6 Å². The maximum absolute atomic E-state index is 13.7. The Kier molecular flexibility index (Phi) is 15.2. The molecule has 1 saturated heterocycles. The quantitative estimate of drug-likeness (QED) is 0.195. The number of likely N-dealkylation sites (N-methyl/N-ethyl adjacent to an activating group) is 1. The molecular weight excluding hydrogens is 560 g/mol. The van der Waals surface area contributed by atoms with Gasteiger partial charge in [-0.15, -0.1) is 0 Å². The standard InChI is InChI=1S/C35H60N2O7/c1-22(2)25(14-24-10-11-32(42-8)33(15-24)44-13-9-12-40-6)18-30(36-5)31(38)19-29(23(3)4)35(39)37-34-26-16-28(41-7)17-27(34)21-43-20-26/h10-11,15,22-23,25-31,34,36,38H,9,12-14,16-21H2,1-8H3,(H,37,39)/t25-,26?,27?,28?,29?,30-,31-,34?/m0/s1. The first-order valence-corrected chi connectivity index (χ1v) is 16.7. The first-order valence-electron chi connectivity index (χ1n) is 16.7. The van der Waals surface area contributed by atoms with E-state index in [1.165, 1.54) is 5.56 Å². The summed E-state index contributed by atoms with van der Waals surface area (Å²) in [7, 11) is 7.02. The third-order valence-corrected chi connectivity index (χ3v) is 9.90. The lowest BCUT2D eigenvalue weighted by molar-refractivity contribution is -0.134. The Morgan fingerprint density at radius 2 is 1.70 bits per heavy atom. The molecule has 44 heavy (non-hydrogen) atoms. The van der Waals surface area contributed by atoms with Gasteiger partial charge >= 0.3 is 0 Å². The highest BCUT2D eigenvalue weighted by atomic mass is 16.5. The maximum atomic E-state index is 13.7. The molecule has 0 radical (unpaired) electrons. The van der Waals surface area contributed by atoms with Crippen LogP contribution in [0, 0.1) is 35.5 Å². The number of hydrogen-bond donors (Lipinski definition) is 3. The number of amides is 1. The van der Waals surface area contributed by atoms with E-state index >= 15 is 0 Å². The number of carbonyl (C=O) groups excluding carboxylic acids is 1. The molecule has 0 aromatic heterocycles. The molecule has 9 nitrogen and oxygen atoms in total. The third kappa shape index (κ3) is 10.3. The zero-order chi connectivity index (χ0) is 32.2. The molecule has 3 unspecified atom stereocenters. The van der Waals surface area contributed by atoms with E-state index in [4.69, 9.17) is 23.7 Å². The highest BCUT2D eigenvalue weighted by Gasteiger charge is 2.43. The van der Waals surface area contributed by atoms with E-state index in [1.807, 2.05) is 13.1 Å². The normalized spacial score (nSPS) is 24.5. The maximum Gasteiger partial charge on any atom is 0.223 e. The van der Waals surface area contributed by atoms with Gasteiger partial charge in [-0.2, -0.15) is 0 Å². The van der Waals surface area contributed by atoms with Gasteiger partial charge in [0.15, 0.2) is 11.5 Å². The summed E-state index contributed by atoms with van der Waals surface area (Å²) in [6.45, 7) is 11.1. The lowest BCUT2D eigenvalue weighted by Gasteiger charge is -2.45. The fourth-order valence-electron chi connectivity index (χ4n) is 7.00. The lowest BCUT2D eigenvalue weighted by atomic mass is 9.74. The topological polar surface area (TPSA) is 108 Å². The summed E-state index contributed by atoms with van der Waals surface area (Å²) < 4.78 is 28.2. The van der Waals surface area contributed by atoms with Crippen LogP contribution in [-0.2, 0) is 25.4 Å². The van der Waals surface area contributed by atoms with Crippen LogP contribution in [0.5, 0.6) is 11.5 Å². The van der Waals surface area contributed by atoms with Crippen LogP contribution in [-0.4, -0.2) is 90.1 Å². The summed E-state index contributed by atoms with van der Waals surface area (Å²) in [4.78, 5) is 13.7. The minimum Gasteiger partial charge on any atom is -0.493 e. The minimum atomic E-state index is -0.651. The summed E-state index contributed by atoms with van der Waals surface area (Å²) in [5, 5.41) is 18.3. The molecule has 1 aromatic carbocycles. The summed E-state index contributed by atoms with van der Waals surface area (Å²) >= 11 is 0. The molecule has 6 atom stereocenters. The second kappa shape index (κ2) is 18.3. The summed E-state index contributed by atoms with van der Waals surface area (Å²) in [5.74, 6) is 2.58. The second-order valence-electron chi connectivity index (χ2n) is 13.6. The van der Waals surface area contributed by atoms with Crippen molar-refractivity contribution in [2.75, 3.05) is 54.8 Å². The van der Waals surface area contributed by atoms with Crippen LogP contribution in [0.15, 0.2) is 18.2 Å². The molecule has 1 aliphatic heterocycles. The van der Waals surface area contributed by atoms with Crippen molar-refractivity contribution in [3.05, 3.63) is 23.8 Å². The minimum absolute atomic E-state index is 0.0448. The predicted octanol–water partition coefficient (Wildman–Crippen LogP) is 4.48. The van der Waals surface area contributed by atoms with Gasteiger partial charge in [-0.3, -0.25) is 4.79 Å². The van der Waals surface area contributed by atoms with E-state index < -0.39 is 6.10 Å². The molecule has 1 aromatic rings. The van der Waals surface area contributed by atoms with Crippen LogP contribution in [0.3, 0.4) is 0 Å². The van der Waals surface area contributed by atoms with Crippen LogP contribution >= 0.6 is 0 Å². The van der Waals surface area contributed by atoms with Crippen LogP contribution in [0.2, 0.25) is 0 Å². The Labute approximate surface area is 266 Å². The van der Waals surface area contributed by atoms with Crippen molar-refractivity contribution in [2.45, 2.75) is 90.5 Å². The van der Waals surface area contributed by atoms with E-state index in [-0.39, 0.29) is 47.8 Å². The van der Waals surface area contributed by atoms with E-state index in [1.54, 1.807) is 21.3 Å². The number of methoxy groups -OCH3 is 3. The van der Waals surface area contributed by atoms with Gasteiger partial charge in [0.1, 0.15) is 0 Å². The molecule has 252 valence electrons. The molecule has 1 saturated carbocycles. The molecule has 1 aliphatic carbocycles. The Morgan fingerprint density at radius 3 is 2.27 bits per heavy atom. The lowest BCUT2D eigenvalue weighted by Crippen LogP contribution is -2.57. The number of benzene rings is 1. The fourth-order valence-corrected chi connectivity index (χ4v) is 7.00. The summed E-state index contributed by atoms with van der Waals surface area (Å²) in [5.41, 5.74) is 1.17. The van der Waals surface area contributed by atoms with Crippen molar-refractivity contribution in [1.29, 1.82) is 0 Å². The number of carbonyl (C=O) groups is 1. The molecule has 9 heteroatoms. The highest BCUT2D eigenvalue weighted by Crippen LogP contribution is 2.36. The zero-order valence-corrected chi connectivity index (χ0v) is 28.5. The van der Waals surface area contributed by atoms with E-state index in [0.29, 0.717) is 44.7 Å². The van der Waals surface area contributed by atoms with Gasteiger partial charge < -0.3 is 39.4 Å². The van der Waals surface area contributed by atoms with Crippen molar-refractivity contribution >= 4 is 5.91 Å². The van der Waals surface area contributed by atoms with Crippen molar-refractivity contribution in [3.63, 3.8) is 0 Å². The fraction of sp³-hybridized carbons (Fsp3) is 0.800. The van der Waals surface area contributed by atoms with Crippen LogP contribution < -0.4 is 20.1 Å². The van der Waals surface area contributed by atoms with Gasteiger partial charge in [0, 0.05) is 57.1 Å². The number of rotatable bonds is 19. The molecule has 2 bridgehead atoms. The molecular formula is C35H60N2O7. The Bertz CT molecular complexity index is 976. The van der Waals surface area contributed by atoms with E-state index in [9.17, 15) is 9.90 Å². The monoisotopic (exact) mass is 620 g/mol. The average molecular weight is 621 g/mol. The number of fused-ring (bicyclic) bond motifs is 2. The number of aliphatic hydroxyl groups is 1. The van der Waals surface area contributed by atoms with Gasteiger partial charge in [0.2, 0.25) is 5.91 Å². The van der Waals surface area contributed by atoms with E-state index in [0.717, 1.165) is 43.6 Å². The van der Waals surface area contributed by atoms with Gasteiger partial charge in [-0.05, 0) is 74.6 Å². The van der Waals surface area contributed by atoms with Crippen LogP contribution in [0.25, 0.3) is 0 Å². The Hall–Kier alpha value is -1.91. The van der Waals surface area contributed by atoms with Gasteiger partial charge in [-0.1, -0.05) is 33.8 Å². The molecule has 3 N–H and O–H groups in total. The average Bonchev–Trinajstić information content (AvgIpc) is 2.99. The summed E-state index contributed by atoms with van der Waals surface area (Å²) in [6, 6.07) is 6.11. The first-order chi connectivity index (χ1) is 21.1. The number of aliphatic hydroxyl groups excluding tert-OH is 1. The molecule has 1 heterocycles. The number of nitrogens with one attached hydrogen (secondary N) is 2. The first kappa shape index (κ1) is 36.6. The largest absolute Gasteiger partial charge is 0.493 e. The predicted molar refractivity (Wildman–Crippen MR) is 173 cm³/mol. The van der Waals surface area contributed by atoms with Crippen LogP contribution in [0.1, 0.15) is 65.4 Å². The van der Waals surface area contributed by atoms with Gasteiger partial charge in [0.05, 0.1) is 39.1 Å². The third-order valence-electron chi connectivity index (χ3n) is 9.90. The molecule has 0 spiro atoms. The molecule has 3 rings (SSSR count). The van der Waals surface area contributed by atoms with Crippen molar-refractivity contribution in [2.24, 2.45) is 35.5 Å². The molecule has 2 fully saturated rings. The van der Waals surface area contributed by atoms with Crippen LogP contribution in [0.4, 0.5) is 0 Å². The highest BCUT2D eigenvalue weighted by molar-refractivity contribution is 5.79. The summed E-state index contributed by atoms with van der Waals surface area (Å²) in [6.07, 6.45) is 4.25. The van der Waals surface area contributed by atoms with Gasteiger partial charge in [0.25, 0.3) is 0 Å². The Morgan fingerprint density at radius 1 is 1.00 bits per heavy atom. The zero-order valence-electron chi connectivity index (χ0n) is 28.5. The molecule has 2 aliphatic rings.